The third-order valence-corrected chi connectivity index (χ3v) is 5.11. The van der Waals surface area contributed by atoms with Crippen LogP contribution in [-0.2, 0) is 13.0 Å². The number of nitrogens with zero attached hydrogens (tertiary/aromatic N) is 6. The lowest BCUT2D eigenvalue weighted by Crippen LogP contribution is -2.52. The van der Waals surface area contributed by atoms with Crippen molar-refractivity contribution in [1.82, 2.24) is 24.6 Å². The summed E-state index contributed by atoms with van der Waals surface area (Å²) in [5, 5.41) is 4.44. The zero-order chi connectivity index (χ0) is 18.4. The summed E-state index contributed by atoms with van der Waals surface area (Å²) in [6, 6.07) is 6.07. The number of hydrogen-bond donors (Lipinski definition) is 1. The maximum absolute atomic E-state index is 4.79. The smallest absolute Gasteiger partial charge is 0.205 e. The number of nitrogens with one attached hydrogen (secondary N) is 1. The highest BCUT2D eigenvalue weighted by Gasteiger charge is 2.22. The first-order chi connectivity index (χ1) is 12.7. The molecule has 0 unspecified atom stereocenters. The zero-order valence-electron chi connectivity index (χ0n) is 16.2. The van der Waals surface area contributed by atoms with E-state index in [0.29, 0.717) is 6.54 Å². The standard InChI is InChI=1S/C18H27N7S.HI/c1-4-16-22-18(26-23-16)25-11-9-24(10-12-25)17(19-5-2)20-13-15-8-6-7-14(3)21-15;/h6-8H,4-5,9-13H2,1-3H3,(H,19,20);1H. The molecule has 2 aromatic rings. The van der Waals surface area contributed by atoms with Crippen molar-refractivity contribution >= 4 is 46.6 Å². The molecule has 1 fully saturated rings. The molecule has 0 aromatic carbocycles. The van der Waals surface area contributed by atoms with E-state index in [2.05, 4.69) is 43.3 Å². The SMILES string of the molecule is CCNC(=NCc1cccc(C)n1)N1CCN(c2nc(CC)ns2)CC1.I. The van der Waals surface area contributed by atoms with Gasteiger partial charge in [-0.05, 0) is 26.0 Å². The normalized spacial score (nSPS) is 14.9. The number of pyridine rings is 1. The molecule has 9 heteroatoms. The average Bonchev–Trinajstić information content (AvgIpc) is 3.15. The van der Waals surface area contributed by atoms with Crippen molar-refractivity contribution in [2.75, 3.05) is 37.6 Å². The van der Waals surface area contributed by atoms with Crippen LogP contribution >= 0.6 is 35.5 Å². The van der Waals surface area contributed by atoms with Crippen molar-refractivity contribution in [3.8, 4) is 0 Å². The van der Waals surface area contributed by atoms with E-state index in [1.165, 1.54) is 11.5 Å². The average molecular weight is 501 g/mol. The van der Waals surface area contributed by atoms with Gasteiger partial charge in [-0.2, -0.15) is 4.37 Å². The Morgan fingerprint density at radius 2 is 1.96 bits per heavy atom. The van der Waals surface area contributed by atoms with Gasteiger partial charge in [-0.25, -0.2) is 9.98 Å². The van der Waals surface area contributed by atoms with Crippen LogP contribution in [0.25, 0.3) is 0 Å². The molecule has 1 saturated heterocycles. The molecule has 3 heterocycles. The van der Waals surface area contributed by atoms with E-state index < -0.39 is 0 Å². The van der Waals surface area contributed by atoms with E-state index >= 15 is 0 Å². The second-order valence-electron chi connectivity index (χ2n) is 6.26. The van der Waals surface area contributed by atoms with Crippen LogP contribution in [0.4, 0.5) is 5.13 Å². The highest BCUT2D eigenvalue weighted by Crippen LogP contribution is 2.19. The molecule has 1 aliphatic rings. The Morgan fingerprint density at radius 1 is 1.19 bits per heavy atom. The van der Waals surface area contributed by atoms with Gasteiger partial charge in [-0.15, -0.1) is 24.0 Å². The van der Waals surface area contributed by atoms with E-state index in [4.69, 9.17) is 4.99 Å². The Bertz CT molecular complexity index is 741. The topological polar surface area (TPSA) is 69.5 Å². The monoisotopic (exact) mass is 501 g/mol. The van der Waals surface area contributed by atoms with Crippen LogP contribution in [0, 0.1) is 6.92 Å². The molecule has 0 aliphatic carbocycles. The van der Waals surface area contributed by atoms with E-state index in [9.17, 15) is 0 Å². The number of aromatic nitrogens is 3. The summed E-state index contributed by atoms with van der Waals surface area (Å²) < 4.78 is 4.40. The lowest BCUT2D eigenvalue weighted by atomic mass is 10.3. The van der Waals surface area contributed by atoms with Crippen molar-refractivity contribution < 1.29 is 0 Å². The summed E-state index contributed by atoms with van der Waals surface area (Å²) in [5.41, 5.74) is 2.03. The number of halogens is 1. The number of rotatable bonds is 5. The first-order valence-corrected chi connectivity index (χ1v) is 10.00. The lowest BCUT2D eigenvalue weighted by molar-refractivity contribution is 0.372. The van der Waals surface area contributed by atoms with Gasteiger partial charge in [0.1, 0.15) is 5.82 Å². The van der Waals surface area contributed by atoms with Crippen LogP contribution in [0.5, 0.6) is 0 Å². The molecule has 1 aliphatic heterocycles. The lowest BCUT2D eigenvalue weighted by Gasteiger charge is -2.36. The zero-order valence-corrected chi connectivity index (χ0v) is 19.3. The fourth-order valence-electron chi connectivity index (χ4n) is 2.90. The molecule has 0 saturated carbocycles. The van der Waals surface area contributed by atoms with E-state index in [0.717, 1.165) is 67.4 Å². The third kappa shape index (κ3) is 6.00. The van der Waals surface area contributed by atoms with Crippen LogP contribution in [0.2, 0.25) is 0 Å². The molecule has 3 rings (SSSR count). The second-order valence-corrected chi connectivity index (χ2v) is 6.99. The van der Waals surface area contributed by atoms with Gasteiger partial charge in [0.25, 0.3) is 0 Å². The molecule has 0 amide bonds. The van der Waals surface area contributed by atoms with E-state index in [1.807, 2.05) is 25.1 Å². The van der Waals surface area contributed by atoms with Crippen LogP contribution in [0.15, 0.2) is 23.2 Å². The molecule has 2 aromatic heterocycles. The highest BCUT2D eigenvalue weighted by molar-refractivity contribution is 14.0. The molecule has 7 nitrogen and oxygen atoms in total. The first-order valence-electron chi connectivity index (χ1n) is 9.23. The molecular formula is C18H28IN7S. The largest absolute Gasteiger partial charge is 0.357 e. The van der Waals surface area contributed by atoms with E-state index in [-0.39, 0.29) is 24.0 Å². The Balaban J connectivity index is 0.00000261. The van der Waals surface area contributed by atoms with Gasteiger partial charge >= 0.3 is 0 Å². The predicted molar refractivity (Wildman–Crippen MR) is 122 cm³/mol. The summed E-state index contributed by atoms with van der Waals surface area (Å²) in [4.78, 5) is 18.6. The van der Waals surface area contributed by atoms with Crippen LogP contribution in [0.3, 0.4) is 0 Å². The highest BCUT2D eigenvalue weighted by atomic mass is 127. The minimum atomic E-state index is 0. The number of aliphatic imine (C=N–C) groups is 1. The molecule has 148 valence electrons. The molecule has 0 bridgehead atoms. The minimum absolute atomic E-state index is 0. The Hall–Kier alpha value is -1.49. The number of anilines is 1. The molecule has 0 radical (unpaired) electrons. The molecule has 0 atom stereocenters. The van der Waals surface area contributed by atoms with Gasteiger partial charge in [0, 0.05) is 56.4 Å². The summed E-state index contributed by atoms with van der Waals surface area (Å²) >= 11 is 1.50. The first kappa shape index (κ1) is 21.8. The summed E-state index contributed by atoms with van der Waals surface area (Å²) in [5.74, 6) is 1.90. The van der Waals surface area contributed by atoms with Crippen molar-refractivity contribution in [1.29, 1.82) is 0 Å². The predicted octanol–water partition coefficient (Wildman–Crippen LogP) is 2.71. The Morgan fingerprint density at radius 3 is 2.59 bits per heavy atom. The minimum Gasteiger partial charge on any atom is -0.357 e. The quantitative estimate of drug-likeness (QED) is 0.386. The van der Waals surface area contributed by atoms with Gasteiger partial charge < -0.3 is 15.1 Å². The van der Waals surface area contributed by atoms with Crippen molar-refractivity contribution in [3.63, 3.8) is 0 Å². The van der Waals surface area contributed by atoms with E-state index in [1.54, 1.807) is 0 Å². The van der Waals surface area contributed by atoms with Crippen LogP contribution < -0.4 is 10.2 Å². The van der Waals surface area contributed by atoms with Crippen LogP contribution in [-0.4, -0.2) is 57.9 Å². The fraction of sp³-hybridized carbons (Fsp3) is 0.556. The van der Waals surface area contributed by atoms with Crippen molar-refractivity contribution in [2.24, 2.45) is 4.99 Å². The van der Waals surface area contributed by atoms with Crippen molar-refractivity contribution in [2.45, 2.75) is 33.7 Å². The number of piperazine rings is 1. The molecular weight excluding hydrogens is 473 g/mol. The Kier molecular flexibility index (Phi) is 8.68. The van der Waals surface area contributed by atoms with Gasteiger partial charge in [-0.3, -0.25) is 4.98 Å². The summed E-state index contributed by atoms with van der Waals surface area (Å²) in [6.07, 6.45) is 0.890. The molecule has 0 spiro atoms. The van der Waals surface area contributed by atoms with Gasteiger partial charge in [0.2, 0.25) is 5.13 Å². The number of guanidine groups is 1. The third-order valence-electron chi connectivity index (χ3n) is 4.30. The second kappa shape index (κ2) is 10.7. The summed E-state index contributed by atoms with van der Waals surface area (Å²) in [6.45, 7) is 11.4. The summed E-state index contributed by atoms with van der Waals surface area (Å²) in [7, 11) is 0. The number of aryl methyl sites for hydroxylation is 2. The van der Waals surface area contributed by atoms with Gasteiger partial charge in [0.05, 0.1) is 12.2 Å². The Labute approximate surface area is 182 Å². The van der Waals surface area contributed by atoms with Gasteiger partial charge in [0.15, 0.2) is 5.96 Å². The maximum Gasteiger partial charge on any atom is 0.205 e. The molecule has 27 heavy (non-hydrogen) atoms. The number of hydrogen-bond acceptors (Lipinski definition) is 6. The maximum atomic E-state index is 4.79. The molecule has 1 N–H and O–H groups in total. The van der Waals surface area contributed by atoms with Crippen LogP contribution in [0.1, 0.15) is 31.1 Å². The van der Waals surface area contributed by atoms with Gasteiger partial charge in [-0.1, -0.05) is 13.0 Å². The fourth-order valence-corrected chi connectivity index (χ4v) is 3.70. The van der Waals surface area contributed by atoms with Crippen molar-refractivity contribution in [3.05, 3.63) is 35.4 Å².